The van der Waals surface area contributed by atoms with Gasteiger partial charge in [-0.15, -0.1) is 11.3 Å². The first kappa shape index (κ1) is 25.9. The number of carbonyl (C=O) groups is 1. The molecule has 2 N–H and O–H groups in total. The monoisotopic (exact) mass is 569 g/mol. The topological polar surface area (TPSA) is 95.4 Å². The average Bonchev–Trinajstić information content (AvgIpc) is 3.67. The van der Waals surface area contributed by atoms with Crippen LogP contribution in [-0.4, -0.2) is 39.7 Å². The van der Waals surface area contributed by atoms with Gasteiger partial charge in [-0.3, -0.25) is 9.10 Å². The van der Waals surface area contributed by atoms with Crippen molar-refractivity contribution >= 4 is 54.8 Å². The Morgan fingerprint density at radius 1 is 0.975 bits per heavy atom. The second kappa shape index (κ2) is 9.69. The number of nitrogens with one attached hydrogen (secondary N) is 2. The molecule has 0 saturated carbocycles. The van der Waals surface area contributed by atoms with Gasteiger partial charge >= 0.3 is 0 Å². The number of furan rings is 1. The normalized spacial score (nSPS) is 11.8. The van der Waals surface area contributed by atoms with E-state index in [-0.39, 0.29) is 5.91 Å². The lowest BCUT2D eigenvalue weighted by Gasteiger charge is -2.20. The third-order valence-electron chi connectivity index (χ3n) is 7.08. The van der Waals surface area contributed by atoms with Gasteiger partial charge in [-0.2, -0.15) is 0 Å². The number of benzene rings is 3. The lowest BCUT2D eigenvalue weighted by atomic mass is 10.0. The first-order valence-corrected chi connectivity index (χ1v) is 15.3. The molecule has 9 heteroatoms. The summed E-state index contributed by atoms with van der Waals surface area (Å²) in [5.74, 6) is 0.152. The molecular formula is C31H27N3O4S2. The summed E-state index contributed by atoms with van der Waals surface area (Å²) >= 11 is 1.55. The predicted octanol–water partition coefficient (Wildman–Crippen LogP) is 7.04. The number of hydrogen-bond donors (Lipinski definition) is 2. The van der Waals surface area contributed by atoms with Gasteiger partial charge in [0.2, 0.25) is 10.0 Å². The zero-order valence-electron chi connectivity index (χ0n) is 22.4. The zero-order valence-corrected chi connectivity index (χ0v) is 24.0. The number of carbonyl (C=O) groups excluding carboxylic acids is 1. The maximum atomic E-state index is 13.2. The molecule has 6 rings (SSSR count). The van der Waals surface area contributed by atoms with Crippen molar-refractivity contribution in [3.63, 3.8) is 0 Å². The van der Waals surface area contributed by atoms with Gasteiger partial charge in [0.25, 0.3) is 5.91 Å². The Morgan fingerprint density at radius 2 is 1.70 bits per heavy atom. The molecule has 0 aliphatic carbocycles. The van der Waals surface area contributed by atoms with Crippen molar-refractivity contribution in [1.82, 2.24) is 10.3 Å². The van der Waals surface area contributed by atoms with Crippen molar-refractivity contribution in [2.75, 3.05) is 24.7 Å². The highest BCUT2D eigenvalue weighted by Crippen LogP contribution is 2.44. The van der Waals surface area contributed by atoms with Gasteiger partial charge in [-0.05, 0) is 37.3 Å². The molecule has 0 unspecified atom stereocenters. The fraction of sp³-hybridized carbons (Fsp3) is 0.129. The second-order valence-corrected chi connectivity index (χ2v) is 12.9. The standard InChI is InChI=1S/C31H27N3O4S2/c1-18-9-11-19(12-10-18)30-29(31(35)32-2)22-16-21(25(17-26(22)38-30)34(3)40(4,36)37)27-13-14-28(39-27)24-15-20-7-5-6-8-23(20)33-24/h5-17,33H,1-4H3,(H,32,35). The number of aromatic amines is 1. The highest BCUT2D eigenvalue weighted by atomic mass is 32.2. The fourth-order valence-electron chi connectivity index (χ4n) is 4.86. The van der Waals surface area contributed by atoms with Crippen LogP contribution < -0.4 is 9.62 Å². The summed E-state index contributed by atoms with van der Waals surface area (Å²) < 4.78 is 32.9. The smallest absolute Gasteiger partial charge is 0.255 e. The first-order valence-electron chi connectivity index (χ1n) is 12.7. The molecule has 7 nitrogen and oxygen atoms in total. The molecule has 0 atom stereocenters. The summed E-state index contributed by atoms with van der Waals surface area (Å²) in [6.07, 6.45) is 1.17. The van der Waals surface area contributed by atoms with Gasteiger partial charge < -0.3 is 14.7 Å². The Labute approximate surface area is 236 Å². The predicted molar refractivity (Wildman–Crippen MR) is 164 cm³/mol. The number of H-pyrrole nitrogens is 1. The highest BCUT2D eigenvalue weighted by Gasteiger charge is 2.26. The molecule has 0 bridgehead atoms. The molecule has 202 valence electrons. The molecule has 0 saturated heterocycles. The van der Waals surface area contributed by atoms with Gasteiger partial charge in [0, 0.05) is 52.5 Å². The lowest BCUT2D eigenvalue weighted by Crippen LogP contribution is -2.25. The Kier molecular flexibility index (Phi) is 6.28. The summed E-state index contributed by atoms with van der Waals surface area (Å²) in [6, 6.07) is 25.5. The van der Waals surface area contributed by atoms with Crippen molar-refractivity contribution in [3.8, 4) is 32.3 Å². The van der Waals surface area contributed by atoms with Gasteiger partial charge in [-0.25, -0.2) is 8.42 Å². The van der Waals surface area contributed by atoms with Crippen LogP contribution in [0.15, 0.2) is 83.3 Å². The summed E-state index contributed by atoms with van der Waals surface area (Å²) in [5.41, 5.74) is 5.86. The van der Waals surface area contributed by atoms with Gasteiger partial charge in [-0.1, -0.05) is 48.0 Å². The minimum absolute atomic E-state index is 0.283. The van der Waals surface area contributed by atoms with Crippen LogP contribution in [0.25, 0.3) is 54.2 Å². The molecule has 0 radical (unpaired) electrons. The van der Waals surface area contributed by atoms with Gasteiger partial charge in [0.1, 0.15) is 11.3 Å². The number of hydrogen-bond acceptors (Lipinski definition) is 5. The minimum Gasteiger partial charge on any atom is -0.455 e. The van der Waals surface area contributed by atoms with Crippen molar-refractivity contribution in [1.29, 1.82) is 0 Å². The molecule has 1 amide bonds. The number of rotatable bonds is 6. The summed E-state index contributed by atoms with van der Waals surface area (Å²) in [4.78, 5) is 18.5. The quantitative estimate of drug-likeness (QED) is 0.225. The van der Waals surface area contributed by atoms with E-state index in [2.05, 4.69) is 22.4 Å². The summed E-state index contributed by atoms with van der Waals surface area (Å²) in [5, 5.41) is 4.46. The molecule has 0 spiro atoms. The van der Waals surface area contributed by atoms with Gasteiger partial charge in [0.15, 0.2) is 0 Å². The molecule has 3 aromatic carbocycles. The van der Waals surface area contributed by atoms with Crippen molar-refractivity contribution in [3.05, 3.63) is 90.0 Å². The van der Waals surface area contributed by atoms with E-state index in [0.717, 1.165) is 37.5 Å². The Morgan fingerprint density at radius 3 is 2.40 bits per heavy atom. The lowest BCUT2D eigenvalue weighted by molar-refractivity contribution is 0.0964. The van der Waals surface area contributed by atoms with E-state index in [1.165, 1.54) is 17.6 Å². The van der Waals surface area contributed by atoms with E-state index < -0.39 is 10.0 Å². The molecule has 3 aromatic heterocycles. The number of para-hydroxylation sites is 1. The third kappa shape index (κ3) is 4.47. The van der Waals surface area contributed by atoms with E-state index in [4.69, 9.17) is 4.42 Å². The zero-order chi connectivity index (χ0) is 28.2. The molecule has 0 aliphatic heterocycles. The van der Waals surface area contributed by atoms with E-state index in [0.29, 0.717) is 33.5 Å². The number of fused-ring (bicyclic) bond motifs is 2. The highest BCUT2D eigenvalue weighted by molar-refractivity contribution is 7.92. The number of anilines is 1. The molecule has 40 heavy (non-hydrogen) atoms. The van der Waals surface area contributed by atoms with Crippen LogP contribution in [0.3, 0.4) is 0 Å². The van der Waals surface area contributed by atoms with Crippen molar-refractivity contribution < 1.29 is 17.6 Å². The van der Waals surface area contributed by atoms with Crippen LogP contribution in [0.5, 0.6) is 0 Å². The summed E-state index contributed by atoms with van der Waals surface area (Å²) in [7, 11) is -0.483. The number of nitrogens with zero attached hydrogens (tertiary/aromatic N) is 1. The molecule has 3 heterocycles. The Hall–Kier alpha value is -4.34. The number of amides is 1. The minimum atomic E-state index is -3.59. The van der Waals surface area contributed by atoms with Gasteiger partial charge in [0.05, 0.1) is 28.1 Å². The molecule has 0 aliphatic rings. The van der Waals surface area contributed by atoms with Crippen LogP contribution in [-0.2, 0) is 10.0 Å². The molecular weight excluding hydrogens is 542 g/mol. The van der Waals surface area contributed by atoms with Crippen LogP contribution in [0.1, 0.15) is 15.9 Å². The SMILES string of the molecule is CNC(=O)c1c(-c2ccc(C)cc2)oc2cc(N(C)S(C)(=O)=O)c(-c3ccc(-c4cc5ccccc5[nH]4)s3)cc12. The van der Waals surface area contributed by atoms with E-state index in [9.17, 15) is 13.2 Å². The Bertz CT molecular complexity index is 1980. The van der Waals surface area contributed by atoms with E-state index in [1.807, 2.05) is 67.6 Å². The maximum Gasteiger partial charge on any atom is 0.255 e. The average molecular weight is 570 g/mol. The van der Waals surface area contributed by atoms with Crippen molar-refractivity contribution in [2.45, 2.75) is 6.92 Å². The fourth-order valence-corrected chi connectivity index (χ4v) is 6.37. The third-order valence-corrected chi connectivity index (χ3v) is 9.42. The van der Waals surface area contributed by atoms with Crippen molar-refractivity contribution in [2.24, 2.45) is 0 Å². The number of sulfonamides is 1. The number of aromatic nitrogens is 1. The molecule has 0 fully saturated rings. The summed E-state index contributed by atoms with van der Waals surface area (Å²) in [6.45, 7) is 1.99. The number of thiophene rings is 1. The van der Waals surface area contributed by atoms with Crippen LogP contribution in [0, 0.1) is 6.92 Å². The van der Waals surface area contributed by atoms with Crippen LogP contribution in [0.2, 0.25) is 0 Å². The largest absolute Gasteiger partial charge is 0.455 e. The molecule has 6 aromatic rings. The number of aryl methyl sites for hydroxylation is 1. The van der Waals surface area contributed by atoms with Crippen LogP contribution in [0.4, 0.5) is 5.69 Å². The first-order chi connectivity index (χ1) is 19.1. The maximum absolute atomic E-state index is 13.2. The van der Waals surface area contributed by atoms with Crippen LogP contribution >= 0.6 is 11.3 Å². The second-order valence-electron chi connectivity index (χ2n) is 9.78. The van der Waals surface area contributed by atoms with E-state index >= 15 is 0 Å². The Balaban J connectivity index is 1.58. The van der Waals surface area contributed by atoms with E-state index in [1.54, 1.807) is 24.5 Å².